The fourth-order valence-corrected chi connectivity index (χ4v) is 4.48. The number of aliphatic hydroxyl groups is 1. The first-order chi connectivity index (χ1) is 14.1. The van der Waals surface area contributed by atoms with Gasteiger partial charge < -0.3 is 14.6 Å². The number of allylic oxidation sites excluding steroid dienone is 1. The minimum Gasteiger partial charge on any atom is -0.390 e. The predicted molar refractivity (Wildman–Crippen MR) is 120 cm³/mol. The lowest BCUT2D eigenvalue weighted by Crippen LogP contribution is -2.47. The number of likely N-dealkylation sites (N-methyl/N-ethyl adjacent to an activating group) is 1. The molecule has 0 radical (unpaired) electrons. The summed E-state index contributed by atoms with van der Waals surface area (Å²) in [6, 6.07) is 11.9. The largest absolute Gasteiger partial charge is 0.390 e. The lowest BCUT2D eigenvalue weighted by atomic mass is 10.1. The molecule has 0 bridgehead atoms. The first-order valence-corrected chi connectivity index (χ1v) is 10.9. The average Bonchev–Trinajstić information content (AvgIpc) is 3.37. The quantitative estimate of drug-likeness (QED) is 0.481. The Morgan fingerprint density at radius 1 is 1.14 bits per heavy atom. The Bertz CT molecular complexity index is 985. The number of hydrogen-bond donors (Lipinski definition) is 1. The normalized spacial score (nSPS) is 17.3. The zero-order valence-corrected chi connectivity index (χ0v) is 17.5. The Balaban J connectivity index is 1.49. The van der Waals surface area contributed by atoms with E-state index in [4.69, 9.17) is 0 Å². The minimum absolute atomic E-state index is 0.0203. The van der Waals surface area contributed by atoms with Crippen LogP contribution in [0.1, 0.15) is 15.2 Å². The second kappa shape index (κ2) is 9.05. The Labute approximate surface area is 175 Å². The Hall–Kier alpha value is -2.25. The summed E-state index contributed by atoms with van der Waals surface area (Å²) in [5.74, 6) is 0.0203. The number of benzene rings is 1. The van der Waals surface area contributed by atoms with E-state index in [1.807, 2.05) is 41.9 Å². The Kier molecular flexibility index (Phi) is 6.25. The van der Waals surface area contributed by atoms with E-state index in [1.165, 1.54) is 11.3 Å². The number of nitrogens with zero attached hydrogens (tertiary/aromatic N) is 3. The molecule has 1 aliphatic heterocycles. The molecule has 152 valence electrons. The van der Waals surface area contributed by atoms with Gasteiger partial charge in [-0.3, -0.25) is 9.69 Å². The summed E-state index contributed by atoms with van der Waals surface area (Å²) in [6.45, 7) is 5.32. The van der Waals surface area contributed by atoms with Crippen LogP contribution >= 0.6 is 11.3 Å². The molecule has 3 aromatic rings. The van der Waals surface area contributed by atoms with Crippen LogP contribution in [-0.2, 0) is 6.54 Å². The lowest BCUT2D eigenvalue weighted by Gasteiger charge is -2.33. The van der Waals surface area contributed by atoms with Crippen molar-refractivity contribution in [2.45, 2.75) is 12.6 Å². The summed E-state index contributed by atoms with van der Waals surface area (Å²) >= 11 is 1.45. The van der Waals surface area contributed by atoms with E-state index in [1.54, 1.807) is 6.08 Å². The number of para-hydroxylation sites is 1. The first-order valence-electron chi connectivity index (χ1n) is 10.0. The molecule has 0 amide bonds. The summed E-state index contributed by atoms with van der Waals surface area (Å²) in [6.07, 6.45) is 5.13. The number of rotatable bonds is 7. The van der Waals surface area contributed by atoms with Crippen molar-refractivity contribution in [2.24, 2.45) is 0 Å². The third-order valence-corrected chi connectivity index (χ3v) is 6.35. The van der Waals surface area contributed by atoms with Gasteiger partial charge in [0.15, 0.2) is 5.78 Å². The second-order valence-electron chi connectivity index (χ2n) is 7.69. The Morgan fingerprint density at radius 2 is 1.93 bits per heavy atom. The van der Waals surface area contributed by atoms with Crippen LogP contribution in [0, 0.1) is 0 Å². The third kappa shape index (κ3) is 4.85. The topological polar surface area (TPSA) is 48.7 Å². The van der Waals surface area contributed by atoms with Gasteiger partial charge in [-0.2, -0.15) is 0 Å². The molecule has 1 aromatic carbocycles. The predicted octanol–water partition coefficient (Wildman–Crippen LogP) is 3.21. The van der Waals surface area contributed by atoms with Crippen LogP contribution in [0.2, 0.25) is 0 Å². The molecule has 1 saturated heterocycles. The van der Waals surface area contributed by atoms with Gasteiger partial charge in [0.1, 0.15) is 0 Å². The molecule has 6 heteroatoms. The molecule has 4 rings (SSSR count). The number of piperazine rings is 1. The van der Waals surface area contributed by atoms with Crippen molar-refractivity contribution in [2.75, 3.05) is 39.8 Å². The van der Waals surface area contributed by atoms with E-state index in [2.05, 4.69) is 33.5 Å². The molecule has 1 N–H and O–H groups in total. The van der Waals surface area contributed by atoms with Crippen LogP contribution < -0.4 is 0 Å². The van der Waals surface area contributed by atoms with Crippen molar-refractivity contribution < 1.29 is 9.90 Å². The summed E-state index contributed by atoms with van der Waals surface area (Å²) in [5, 5.41) is 13.7. The van der Waals surface area contributed by atoms with Crippen LogP contribution in [0.15, 0.2) is 54.1 Å². The molecule has 2 aromatic heterocycles. The number of carbonyl (C=O) groups is 1. The molecular formula is C23H27N3O2S. The number of aromatic nitrogens is 1. The zero-order chi connectivity index (χ0) is 20.2. The van der Waals surface area contributed by atoms with Crippen LogP contribution in [0.4, 0.5) is 0 Å². The SMILES string of the molecule is CN1CCN(C[C@@H](O)Cn2cc(/C=C/C(=O)c3cccs3)c3ccccc32)CC1. The maximum absolute atomic E-state index is 12.3. The lowest BCUT2D eigenvalue weighted by molar-refractivity contribution is 0.0717. The van der Waals surface area contributed by atoms with Crippen LogP contribution in [0.5, 0.6) is 0 Å². The van der Waals surface area contributed by atoms with Gasteiger partial charge in [0, 0.05) is 61.9 Å². The summed E-state index contributed by atoms with van der Waals surface area (Å²) < 4.78 is 2.10. The van der Waals surface area contributed by atoms with Gasteiger partial charge >= 0.3 is 0 Å². The van der Waals surface area contributed by atoms with Crippen LogP contribution in [0.3, 0.4) is 0 Å². The standard InChI is InChI=1S/C23H27N3O2S/c1-24-10-12-25(13-11-24)16-19(27)17-26-15-18(20-5-2-3-6-21(20)26)8-9-22(28)23-7-4-14-29-23/h2-9,14-15,19,27H,10-13,16-17H2,1H3/b9-8+/t19-/m1/s1. The molecule has 5 nitrogen and oxygen atoms in total. The van der Waals surface area contributed by atoms with Gasteiger partial charge in [-0.25, -0.2) is 0 Å². The van der Waals surface area contributed by atoms with Gasteiger partial charge in [0.05, 0.1) is 11.0 Å². The van der Waals surface area contributed by atoms with E-state index in [0.717, 1.165) is 47.5 Å². The highest BCUT2D eigenvalue weighted by molar-refractivity contribution is 7.12. The third-order valence-electron chi connectivity index (χ3n) is 5.47. The number of ketones is 1. The smallest absolute Gasteiger partial charge is 0.195 e. The second-order valence-corrected chi connectivity index (χ2v) is 8.63. The van der Waals surface area contributed by atoms with Crippen molar-refractivity contribution in [3.05, 3.63) is 64.5 Å². The number of fused-ring (bicyclic) bond motifs is 1. The number of aliphatic hydroxyl groups excluding tert-OH is 1. The monoisotopic (exact) mass is 409 g/mol. The summed E-state index contributed by atoms with van der Waals surface area (Å²) in [5.41, 5.74) is 2.07. The zero-order valence-electron chi connectivity index (χ0n) is 16.7. The number of carbonyl (C=O) groups excluding carboxylic acids is 1. The molecule has 0 spiro atoms. The van der Waals surface area contributed by atoms with Gasteiger partial charge in [-0.1, -0.05) is 24.3 Å². The number of thiophene rings is 1. The average molecular weight is 410 g/mol. The summed E-state index contributed by atoms with van der Waals surface area (Å²) in [7, 11) is 2.14. The number of β-amino-alcohol motifs (C(OH)–C–C–N with tert-alkyl or cyclic N) is 1. The van der Waals surface area contributed by atoms with E-state index in [-0.39, 0.29) is 5.78 Å². The fourth-order valence-electron chi connectivity index (χ4n) is 3.84. The number of hydrogen-bond acceptors (Lipinski definition) is 5. The minimum atomic E-state index is -0.432. The highest BCUT2D eigenvalue weighted by Gasteiger charge is 2.18. The van der Waals surface area contributed by atoms with Gasteiger partial charge in [-0.05, 0) is 36.7 Å². The maximum Gasteiger partial charge on any atom is 0.195 e. The molecule has 29 heavy (non-hydrogen) atoms. The molecule has 1 aliphatic rings. The highest BCUT2D eigenvalue weighted by atomic mass is 32.1. The van der Waals surface area contributed by atoms with E-state index < -0.39 is 6.10 Å². The van der Waals surface area contributed by atoms with Crippen molar-refractivity contribution in [3.8, 4) is 0 Å². The first kappa shape index (κ1) is 20.0. The maximum atomic E-state index is 12.3. The van der Waals surface area contributed by atoms with E-state index in [9.17, 15) is 9.90 Å². The molecule has 1 fully saturated rings. The van der Waals surface area contributed by atoms with Crippen LogP contribution in [-0.4, -0.2) is 71.1 Å². The molecule has 0 unspecified atom stereocenters. The Morgan fingerprint density at radius 3 is 2.69 bits per heavy atom. The van der Waals surface area contributed by atoms with Crippen molar-refractivity contribution in [1.82, 2.24) is 14.4 Å². The van der Waals surface area contributed by atoms with Gasteiger partial charge in [0.2, 0.25) is 0 Å². The van der Waals surface area contributed by atoms with Gasteiger partial charge in [0.25, 0.3) is 0 Å². The molecule has 1 atom stereocenters. The highest BCUT2D eigenvalue weighted by Crippen LogP contribution is 2.23. The molecule has 0 saturated carbocycles. The molecule has 0 aliphatic carbocycles. The van der Waals surface area contributed by atoms with Crippen molar-refractivity contribution in [3.63, 3.8) is 0 Å². The van der Waals surface area contributed by atoms with Crippen LogP contribution in [0.25, 0.3) is 17.0 Å². The summed E-state index contributed by atoms with van der Waals surface area (Å²) in [4.78, 5) is 17.7. The van der Waals surface area contributed by atoms with Crippen molar-refractivity contribution >= 4 is 34.1 Å². The van der Waals surface area contributed by atoms with Gasteiger partial charge in [-0.15, -0.1) is 11.3 Å². The van der Waals surface area contributed by atoms with Crippen molar-refractivity contribution in [1.29, 1.82) is 0 Å². The van der Waals surface area contributed by atoms with E-state index in [0.29, 0.717) is 13.1 Å². The fraction of sp³-hybridized carbons (Fsp3) is 0.348. The molecule has 3 heterocycles. The van der Waals surface area contributed by atoms with E-state index >= 15 is 0 Å². The molecular weight excluding hydrogens is 382 g/mol.